The number of aryl methyl sites for hydroxylation is 1. The number of anilines is 1. The van der Waals surface area contributed by atoms with Gasteiger partial charge in [0.25, 0.3) is 0 Å². The van der Waals surface area contributed by atoms with Crippen LogP contribution in [0.15, 0.2) is 24.3 Å². The van der Waals surface area contributed by atoms with Crippen molar-refractivity contribution in [3.05, 3.63) is 29.8 Å². The zero-order valence-electron chi connectivity index (χ0n) is 11.3. The summed E-state index contributed by atoms with van der Waals surface area (Å²) in [6.07, 6.45) is 0.320. The Kier molecular flexibility index (Phi) is 1.94. The summed E-state index contributed by atoms with van der Waals surface area (Å²) in [5.41, 5.74) is 2.11. The molecule has 4 heteroatoms. The Morgan fingerprint density at radius 3 is 2.75 bits per heavy atom. The van der Waals surface area contributed by atoms with Crippen LogP contribution < -0.4 is 4.90 Å². The molecule has 5 rings (SSSR count). The molecule has 7 atom stereocenters. The molecule has 1 amide bonds. The number of ether oxygens (including phenoxy) is 1. The Bertz CT molecular complexity index is 598. The van der Waals surface area contributed by atoms with Crippen LogP contribution in [0.25, 0.3) is 0 Å². The molecule has 0 aromatic heterocycles. The van der Waals surface area contributed by atoms with Gasteiger partial charge in [0.15, 0.2) is 0 Å². The predicted octanol–water partition coefficient (Wildman–Crippen LogP) is 1.31. The Morgan fingerprint density at radius 1 is 1.25 bits per heavy atom. The number of rotatable bonds is 1. The molecule has 104 valence electrons. The van der Waals surface area contributed by atoms with Gasteiger partial charge in [0.2, 0.25) is 5.91 Å². The molecule has 0 radical (unpaired) electrons. The minimum atomic E-state index is -0.435. The fraction of sp³-hybridized carbons (Fsp3) is 0.562. The highest BCUT2D eigenvalue weighted by Gasteiger charge is 2.72. The zero-order valence-corrected chi connectivity index (χ0v) is 11.3. The number of carbonyl (C=O) groups is 1. The van der Waals surface area contributed by atoms with Crippen molar-refractivity contribution in [3.8, 4) is 0 Å². The van der Waals surface area contributed by atoms with Gasteiger partial charge in [0, 0.05) is 11.6 Å². The number of nitrogens with zero attached hydrogens (tertiary/aromatic N) is 1. The maximum atomic E-state index is 12.8. The number of hydrogen-bond donors (Lipinski definition) is 1. The SMILES string of the molecule is Cc1ccc(N2C(=O)[C@@H]3[C@H]4C[C@H]5[C@H](O[C@@H]2[C@@H]53)[C@H]4O)cc1. The van der Waals surface area contributed by atoms with Gasteiger partial charge < -0.3 is 9.84 Å². The molecule has 2 saturated heterocycles. The molecule has 0 spiro atoms. The first-order valence-corrected chi connectivity index (χ1v) is 7.40. The van der Waals surface area contributed by atoms with Crippen molar-refractivity contribution >= 4 is 11.6 Å². The quantitative estimate of drug-likeness (QED) is 0.838. The fourth-order valence-electron chi connectivity index (χ4n) is 5.04. The first kappa shape index (κ1) is 11.3. The number of aliphatic hydroxyl groups is 1. The molecule has 0 unspecified atom stereocenters. The van der Waals surface area contributed by atoms with Gasteiger partial charge in [-0.1, -0.05) is 17.7 Å². The van der Waals surface area contributed by atoms with Crippen molar-refractivity contribution in [1.82, 2.24) is 0 Å². The van der Waals surface area contributed by atoms with E-state index in [0.717, 1.165) is 12.1 Å². The summed E-state index contributed by atoms with van der Waals surface area (Å²) in [7, 11) is 0. The minimum absolute atomic E-state index is 0.0277. The normalized spacial score (nSPS) is 47.6. The van der Waals surface area contributed by atoms with Crippen molar-refractivity contribution in [2.75, 3.05) is 4.90 Å². The highest BCUT2D eigenvalue weighted by Crippen LogP contribution is 2.63. The Balaban J connectivity index is 1.59. The zero-order chi connectivity index (χ0) is 13.6. The second-order valence-electron chi connectivity index (χ2n) is 6.69. The lowest BCUT2D eigenvalue weighted by Gasteiger charge is -2.30. The lowest BCUT2D eigenvalue weighted by atomic mass is 9.80. The van der Waals surface area contributed by atoms with Gasteiger partial charge in [0.05, 0.1) is 18.1 Å². The molecule has 4 fully saturated rings. The van der Waals surface area contributed by atoms with Crippen molar-refractivity contribution in [3.63, 3.8) is 0 Å². The lowest BCUT2D eigenvalue weighted by Crippen LogP contribution is -2.43. The van der Waals surface area contributed by atoms with Crippen LogP contribution in [0.5, 0.6) is 0 Å². The summed E-state index contributed by atoms with van der Waals surface area (Å²) >= 11 is 0. The van der Waals surface area contributed by atoms with Crippen molar-refractivity contribution in [2.45, 2.75) is 31.8 Å². The van der Waals surface area contributed by atoms with Gasteiger partial charge in [0.1, 0.15) is 6.23 Å². The predicted molar refractivity (Wildman–Crippen MR) is 71.9 cm³/mol. The van der Waals surface area contributed by atoms with E-state index in [2.05, 4.69) is 0 Å². The summed E-state index contributed by atoms with van der Waals surface area (Å²) in [5.74, 6) is 0.906. The van der Waals surface area contributed by atoms with Crippen LogP contribution in [-0.2, 0) is 9.53 Å². The van der Waals surface area contributed by atoms with Gasteiger partial charge in [-0.05, 0) is 37.3 Å². The van der Waals surface area contributed by atoms with Gasteiger partial charge in [-0.25, -0.2) is 0 Å². The third-order valence-corrected chi connectivity index (χ3v) is 5.83. The molecule has 2 heterocycles. The maximum Gasteiger partial charge on any atom is 0.233 e. The molecule has 2 saturated carbocycles. The molecule has 2 aliphatic heterocycles. The van der Waals surface area contributed by atoms with E-state index in [4.69, 9.17) is 4.74 Å². The van der Waals surface area contributed by atoms with E-state index < -0.39 is 6.10 Å². The molecule has 20 heavy (non-hydrogen) atoms. The summed E-state index contributed by atoms with van der Waals surface area (Å²) in [5, 5.41) is 10.2. The average Bonchev–Trinajstić information content (AvgIpc) is 3.09. The number of amides is 1. The molecular weight excluding hydrogens is 254 g/mol. The Labute approximate surface area is 117 Å². The monoisotopic (exact) mass is 271 g/mol. The number of hydrogen-bond acceptors (Lipinski definition) is 3. The first-order valence-electron chi connectivity index (χ1n) is 7.40. The third kappa shape index (κ3) is 1.10. The highest BCUT2D eigenvalue weighted by molar-refractivity contribution is 5.99. The third-order valence-electron chi connectivity index (χ3n) is 5.83. The van der Waals surface area contributed by atoms with E-state index in [1.54, 1.807) is 0 Å². The Hall–Kier alpha value is -1.39. The molecule has 4 nitrogen and oxygen atoms in total. The van der Waals surface area contributed by atoms with Crippen LogP contribution in [0.4, 0.5) is 5.69 Å². The second-order valence-corrected chi connectivity index (χ2v) is 6.69. The first-order chi connectivity index (χ1) is 9.66. The standard InChI is InChI=1S/C16H17NO3/c1-7-2-4-8(5-3-7)17-15(19)11-9-6-10-12(11)16(17)20-14(10)13(9)18/h2-5,9-14,16,18H,6H2,1H3/t9-,10-,11-,12+,13+,14+,16-/m1/s1. The van der Waals surface area contributed by atoms with E-state index in [9.17, 15) is 9.90 Å². The Morgan fingerprint density at radius 2 is 2.00 bits per heavy atom. The van der Waals surface area contributed by atoms with Crippen LogP contribution >= 0.6 is 0 Å². The largest absolute Gasteiger partial charge is 0.390 e. The van der Waals surface area contributed by atoms with E-state index in [1.165, 1.54) is 5.56 Å². The van der Waals surface area contributed by atoms with Gasteiger partial charge in [-0.15, -0.1) is 0 Å². The summed E-state index contributed by atoms with van der Waals surface area (Å²) in [4.78, 5) is 14.6. The van der Waals surface area contributed by atoms with Gasteiger partial charge in [-0.2, -0.15) is 0 Å². The molecule has 2 bridgehead atoms. The molecule has 2 aliphatic carbocycles. The van der Waals surface area contributed by atoms with Gasteiger partial charge in [-0.3, -0.25) is 9.69 Å². The van der Waals surface area contributed by atoms with Crippen LogP contribution in [0.1, 0.15) is 12.0 Å². The summed E-state index contributed by atoms with van der Waals surface area (Å²) in [6, 6.07) is 8.04. The minimum Gasteiger partial charge on any atom is -0.390 e. The highest BCUT2D eigenvalue weighted by atomic mass is 16.5. The van der Waals surface area contributed by atoms with Crippen molar-refractivity contribution < 1.29 is 14.6 Å². The van der Waals surface area contributed by atoms with E-state index in [1.807, 2.05) is 36.1 Å². The van der Waals surface area contributed by atoms with Crippen molar-refractivity contribution in [1.29, 1.82) is 0 Å². The lowest BCUT2D eigenvalue weighted by molar-refractivity contribution is -0.128. The topological polar surface area (TPSA) is 49.8 Å². The fourth-order valence-corrected chi connectivity index (χ4v) is 5.04. The molecule has 4 aliphatic rings. The molecule has 1 aromatic carbocycles. The second kappa shape index (κ2) is 3.43. The number of fused-ring (bicyclic) bond motifs is 2. The van der Waals surface area contributed by atoms with Crippen LogP contribution in [0.3, 0.4) is 0 Å². The number of benzene rings is 1. The van der Waals surface area contributed by atoms with E-state index in [-0.39, 0.29) is 30.1 Å². The van der Waals surface area contributed by atoms with E-state index in [0.29, 0.717) is 11.8 Å². The van der Waals surface area contributed by atoms with Crippen LogP contribution in [-0.4, -0.2) is 29.4 Å². The number of aliphatic hydroxyl groups excluding tert-OH is 1. The van der Waals surface area contributed by atoms with Gasteiger partial charge >= 0.3 is 0 Å². The average molecular weight is 271 g/mol. The number of carbonyl (C=O) groups excluding carboxylic acids is 1. The summed E-state index contributed by atoms with van der Waals surface area (Å²) < 4.78 is 6.07. The summed E-state index contributed by atoms with van der Waals surface area (Å²) in [6.45, 7) is 2.04. The smallest absolute Gasteiger partial charge is 0.233 e. The van der Waals surface area contributed by atoms with Crippen molar-refractivity contribution in [2.24, 2.45) is 23.7 Å². The molecule has 1 aromatic rings. The van der Waals surface area contributed by atoms with E-state index >= 15 is 0 Å². The van der Waals surface area contributed by atoms with Crippen LogP contribution in [0, 0.1) is 30.6 Å². The maximum absolute atomic E-state index is 12.8. The van der Waals surface area contributed by atoms with Crippen LogP contribution in [0.2, 0.25) is 0 Å². The molecule has 1 N–H and O–H groups in total. The molecular formula is C16H17NO3.